The highest BCUT2D eigenvalue weighted by Crippen LogP contribution is 2.31. The molecule has 0 saturated carbocycles. The summed E-state index contributed by atoms with van der Waals surface area (Å²) in [5, 5.41) is 13.1. The van der Waals surface area contributed by atoms with Crippen molar-refractivity contribution < 1.29 is 13.9 Å². The number of hydrogen-bond acceptors (Lipinski definition) is 7. The molecule has 0 fully saturated rings. The summed E-state index contributed by atoms with van der Waals surface area (Å²) in [7, 11) is 0. The number of rotatable bonds is 6. The molecule has 1 N–H and O–H groups in total. The lowest BCUT2D eigenvalue weighted by atomic mass is 10.1. The van der Waals surface area contributed by atoms with Crippen LogP contribution in [0.3, 0.4) is 0 Å². The van der Waals surface area contributed by atoms with E-state index in [1.54, 1.807) is 17.8 Å². The minimum atomic E-state index is -0.272. The summed E-state index contributed by atoms with van der Waals surface area (Å²) >= 11 is 2.94. The van der Waals surface area contributed by atoms with Gasteiger partial charge in [0.15, 0.2) is 10.9 Å². The van der Waals surface area contributed by atoms with E-state index in [2.05, 4.69) is 15.5 Å². The van der Waals surface area contributed by atoms with Gasteiger partial charge in [-0.3, -0.25) is 10.1 Å². The highest BCUT2D eigenvalue weighted by molar-refractivity contribution is 8.01. The molecule has 2 aromatic heterocycles. The van der Waals surface area contributed by atoms with Crippen molar-refractivity contribution in [3.8, 4) is 5.75 Å². The maximum Gasteiger partial charge on any atom is 0.264 e. The van der Waals surface area contributed by atoms with E-state index < -0.39 is 0 Å². The summed E-state index contributed by atoms with van der Waals surface area (Å²) in [6, 6.07) is 13.3. The molecule has 2 heterocycles. The zero-order chi connectivity index (χ0) is 17.9. The maximum absolute atomic E-state index is 12.1. The Labute approximate surface area is 157 Å². The Morgan fingerprint density at radius 3 is 2.92 bits per heavy atom. The number of ether oxygens (including phenoxy) is 1. The van der Waals surface area contributed by atoms with Crippen LogP contribution in [0.15, 0.2) is 51.2 Å². The van der Waals surface area contributed by atoms with Gasteiger partial charge in [0.05, 0.1) is 0 Å². The molecule has 0 aliphatic heterocycles. The van der Waals surface area contributed by atoms with E-state index >= 15 is 0 Å². The summed E-state index contributed by atoms with van der Waals surface area (Å²) in [6.45, 7) is 1.94. The zero-order valence-corrected chi connectivity index (χ0v) is 15.5. The Morgan fingerprint density at radius 1 is 1.19 bits per heavy atom. The smallest absolute Gasteiger partial charge is 0.264 e. The second-order valence-electron chi connectivity index (χ2n) is 5.40. The van der Waals surface area contributed by atoms with Gasteiger partial charge in [-0.05, 0) is 30.0 Å². The van der Waals surface area contributed by atoms with Gasteiger partial charge in [-0.1, -0.05) is 48.2 Å². The largest absolute Gasteiger partial charge is 0.484 e. The second-order valence-corrected chi connectivity index (χ2v) is 7.89. The van der Waals surface area contributed by atoms with E-state index in [9.17, 15) is 4.79 Å². The van der Waals surface area contributed by atoms with Crippen LogP contribution in [0.2, 0.25) is 0 Å². The van der Waals surface area contributed by atoms with E-state index in [-0.39, 0.29) is 12.5 Å². The van der Waals surface area contributed by atoms with E-state index in [4.69, 9.17) is 9.15 Å². The summed E-state index contributed by atoms with van der Waals surface area (Å²) in [5.41, 5.74) is 1.62. The minimum absolute atomic E-state index is 0.100. The molecule has 0 aliphatic carbocycles. The highest BCUT2D eigenvalue weighted by Gasteiger charge is 2.11. The zero-order valence-electron chi connectivity index (χ0n) is 13.9. The molecule has 4 rings (SSSR count). The van der Waals surface area contributed by atoms with Crippen LogP contribution in [0.1, 0.15) is 6.92 Å². The standard InChI is InChI=1S/C18H15N3O3S2/c1-2-25-18-21-20-17(26-18)19-16(22)10-23-11-7-8-15-13(9-11)12-5-3-4-6-14(12)24-15/h3-9H,2,10H2,1H3,(H,19,20,22). The number of benzene rings is 2. The Morgan fingerprint density at radius 2 is 2.04 bits per heavy atom. The molecule has 0 spiro atoms. The molecule has 4 aromatic rings. The van der Waals surface area contributed by atoms with Crippen molar-refractivity contribution >= 4 is 56.1 Å². The van der Waals surface area contributed by atoms with Crippen molar-refractivity contribution in [2.24, 2.45) is 0 Å². The molecule has 0 bridgehead atoms. The molecule has 2 aromatic carbocycles. The highest BCUT2D eigenvalue weighted by atomic mass is 32.2. The van der Waals surface area contributed by atoms with E-state index in [0.29, 0.717) is 10.9 Å². The Hall–Kier alpha value is -2.58. The number of para-hydroxylation sites is 1. The molecule has 0 saturated heterocycles. The fourth-order valence-electron chi connectivity index (χ4n) is 2.54. The molecule has 0 radical (unpaired) electrons. The van der Waals surface area contributed by atoms with Crippen LogP contribution in [-0.4, -0.2) is 28.5 Å². The average molecular weight is 385 g/mol. The van der Waals surface area contributed by atoms with Crippen molar-refractivity contribution in [3.63, 3.8) is 0 Å². The quantitative estimate of drug-likeness (QED) is 0.387. The van der Waals surface area contributed by atoms with Gasteiger partial charge in [-0.25, -0.2) is 0 Å². The Kier molecular flexibility index (Phi) is 4.77. The number of nitrogens with one attached hydrogen (secondary N) is 1. The second kappa shape index (κ2) is 7.35. The van der Waals surface area contributed by atoms with Crippen LogP contribution in [0.4, 0.5) is 5.13 Å². The number of thioether (sulfide) groups is 1. The van der Waals surface area contributed by atoms with E-state index in [1.807, 2.05) is 43.3 Å². The number of furan rings is 1. The molecule has 0 atom stereocenters. The van der Waals surface area contributed by atoms with Crippen molar-refractivity contribution in [3.05, 3.63) is 42.5 Å². The number of anilines is 1. The molecule has 6 nitrogen and oxygen atoms in total. The number of nitrogens with zero attached hydrogens (tertiary/aromatic N) is 2. The van der Waals surface area contributed by atoms with E-state index in [1.165, 1.54) is 11.3 Å². The summed E-state index contributed by atoms with van der Waals surface area (Å²) in [4.78, 5) is 12.1. The SMILES string of the molecule is CCSc1nnc(NC(=O)COc2ccc3oc4ccccc4c3c2)s1. The van der Waals surface area contributed by atoms with Gasteiger partial charge in [-0.15, -0.1) is 10.2 Å². The molecule has 1 amide bonds. The first-order valence-electron chi connectivity index (χ1n) is 8.03. The number of fused-ring (bicyclic) bond motifs is 3. The van der Waals surface area contributed by atoms with Crippen molar-refractivity contribution in [2.45, 2.75) is 11.3 Å². The topological polar surface area (TPSA) is 77.2 Å². The van der Waals surface area contributed by atoms with Gasteiger partial charge in [0.1, 0.15) is 16.9 Å². The third kappa shape index (κ3) is 3.51. The van der Waals surface area contributed by atoms with Crippen molar-refractivity contribution in [1.82, 2.24) is 10.2 Å². The van der Waals surface area contributed by atoms with Gasteiger partial charge in [0.2, 0.25) is 5.13 Å². The lowest BCUT2D eigenvalue weighted by Gasteiger charge is -2.05. The van der Waals surface area contributed by atoms with Gasteiger partial charge >= 0.3 is 0 Å². The van der Waals surface area contributed by atoms with Gasteiger partial charge < -0.3 is 9.15 Å². The Bertz CT molecular complexity index is 1070. The molecule has 8 heteroatoms. The molecule has 0 aliphatic rings. The number of amides is 1. The third-order valence-electron chi connectivity index (χ3n) is 3.64. The average Bonchev–Trinajstić information content (AvgIpc) is 3.24. The van der Waals surface area contributed by atoms with Crippen molar-refractivity contribution in [2.75, 3.05) is 17.7 Å². The fourth-order valence-corrected chi connectivity index (χ4v) is 4.21. The predicted molar refractivity (Wildman–Crippen MR) is 104 cm³/mol. The normalized spacial score (nSPS) is 11.1. The first kappa shape index (κ1) is 16.9. The molecule has 26 heavy (non-hydrogen) atoms. The van der Waals surface area contributed by atoms with Crippen LogP contribution in [0.25, 0.3) is 21.9 Å². The first-order chi connectivity index (χ1) is 12.7. The first-order valence-corrected chi connectivity index (χ1v) is 9.83. The fraction of sp³-hybridized carbons (Fsp3) is 0.167. The van der Waals surface area contributed by atoms with Gasteiger partial charge in [0.25, 0.3) is 5.91 Å². The van der Waals surface area contributed by atoms with Crippen LogP contribution in [-0.2, 0) is 4.79 Å². The number of carbonyl (C=O) groups is 1. The van der Waals surface area contributed by atoms with Crippen LogP contribution in [0, 0.1) is 0 Å². The van der Waals surface area contributed by atoms with E-state index in [0.717, 1.165) is 32.0 Å². The van der Waals surface area contributed by atoms with Crippen LogP contribution in [0.5, 0.6) is 5.75 Å². The summed E-state index contributed by atoms with van der Waals surface area (Å²) < 4.78 is 12.2. The van der Waals surface area contributed by atoms with Crippen LogP contribution >= 0.6 is 23.1 Å². The lowest BCUT2D eigenvalue weighted by Crippen LogP contribution is -2.20. The molecular weight excluding hydrogens is 370 g/mol. The molecular formula is C18H15N3O3S2. The third-order valence-corrected chi connectivity index (χ3v) is 5.49. The lowest BCUT2D eigenvalue weighted by molar-refractivity contribution is -0.118. The number of aromatic nitrogens is 2. The maximum atomic E-state index is 12.1. The Balaban J connectivity index is 1.43. The van der Waals surface area contributed by atoms with Gasteiger partial charge in [-0.2, -0.15) is 0 Å². The minimum Gasteiger partial charge on any atom is -0.484 e. The number of hydrogen-bond donors (Lipinski definition) is 1. The summed E-state index contributed by atoms with van der Waals surface area (Å²) in [6.07, 6.45) is 0. The van der Waals surface area contributed by atoms with Crippen molar-refractivity contribution in [1.29, 1.82) is 0 Å². The van der Waals surface area contributed by atoms with Gasteiger partial charge in [0, 0.05) is 10.8 Å². The monoisotopic (exact) mass is 385 g/mol. The molecule has 0 unspecified atom stereocenters. The summed E-state index contributed by atoms with van der Waals surface area (Å²) in [5.74, 6) is 1.25. The molecule has 132 valence electrons. The number of carbonyl (C=O) groups excluding carboxylic acids is 1. The predicted octanol–water partition coefficient (Wildman–Crippen LogP) is 4.57. The van der Waals surface area contributed by atoms with Crippen LogP contribution < -0.4 is 10.1 Å².